The van der Waals surface area contributed by atoms with E-state index in [4.69, 9.17) is 10.5 Å². The summed E-state index contributed by atoms with van der Waals surface area (Å²) < 4.78 is 5.65. The summed E-state index contributed by atoms with van der Waals surface area (Å²) in [4.78, 5) is 25.7. The van der Waals surface area contributed by atoms with Crippen LogP contribution in [-0.2, 0) is 14.3 Å². The fraction of sp³-hybridized carbons (Fsp3) is 0.867. The van der Waals surface area contributed by atoms with Crippen LogP contribution in [0, 0.1) is 5.41 Å². The fourth-order valence-corrected chi connectivity index (χ4v) is 3.26. The van der Waals surface area contributed by atoms with E-state index in [1.165, 1.54) is 0 Å². The van der Waals surface area contributed by atoms with Crippen molar-refractivity contribution in [1.29, 1.82) is 0 Å². The predicted molar refractivity (Wildman–Crippen MR) is 86.8 cm³/mol. The van der Waals surface area contributed by atoms with Gasteiger partial charge in [0.1, 0.15) is 5.54 Å². The van der Waals surface area contributed by atoms with E-state index >= 15 is 0 Å². The van der Waals surface area contributed by atoms with Gasteiger partial charge in [-0.2, -0.15) is 0 Å². The molecule has 2 amide bonds. The molecule has 1 aliphatic heterocycles. The van der Waals surface area contributed by atoms with Gasteiger partial charge in [0.05, 0.1) is 6.10 Å². The van der Waals surface area contributed by atoms with Crippen molar-refractivity contribution < 1.29 is 14.3 Å². The van der Waals surface area contributed by atoms with Crippen LogP contribution in [-0.4, -0.2) is 54.6 Å². The Morgan fingerprint density at radius 2 is 2.14 bits per heavy atom. The normalized spacial score (nSPS) is 33.7. The first-order chi connectivity index (χ1) is 9.72. The summed E-state index contributed by atoms with van der Waals surface area (Å²) in [5.41, 5.74) is 5.07. The van der Waals surface area contributed by atoms with Crippen LogP contribution in [0.25, 0.3) is 0 Å². The molecule has 0 spiro atoms. The Labute approximate surface area is 138 Å². The molecule has 1 aliphatic carbocycles. The number of amides is 2. The smallest absolute Gasteiger partial charge is 0.241 e. The van der Waals surface area contributed by atoms with E-state index in [2.05, 4.69) is 5.32 Å². The Morgan fingerprint density at radius 1 is 1.50 bits per heavy atom. The number of carbonyl (C=O) groups is 2. The maximum atomic E-state index is 12.6. The number of ether oxygens (including phenoxy) is 1. The molecule has 3 unspecified atom stereocenters. The molecule has 6 nitrogen and oxygen atoms in total. The first-order valence-electron chi connectivity index (χ1n) is 7.67. The van der Waals surface area contributed by atoms with E-state index in [0.717, 1.165) is 0 Å². The molecule has 0 aromatic carbocycles. The van der Waals surface area contributed by atoms with Crippen LogP contribution in [0.2, 0.25) is 0 Å². The molecule has 1 saturated heterocycles. The highest BCUT2D eigenvalue weighted by atomic mass is 35.5. The van der Waals surface area contributed by atoms with Crippen LogP contribution in [0.5, 0.6) is 0 Å². The number of hydrogen-bond donors (Lipinski definition) is 2. The molecule has 7 heteroatoms. The van der Waals surface area contributed by atoms with E-state index in [0.29, 0.717) is 32.4 Å². The average Bonchev–Trinajstić information content (AvgIpc) is 2.42. The summed E-state index contributed by atoms with van der Waals surface area (Å²) >= 11 is 0. The fourth-order valence-electron chi connectivity index (χ4n) is 3.26. The number of nitrogens with zero attached hydrogens (tertiary/aromatic N) is 1. The third-order valence-electron chi connectivity index (χ3n) is 5.20. The average molecular weight is 334 g/mol. The van der Waals surface area contributed by atoms with Crippen LogP contribution in [0.15, 0.2) is 0 Å². The van der Waals surface area contributed by atoms with Gasteiger partial charge in [0.25, 0.3) is 0 Å². The number of likely N-dealkylation sites (tertiary alicyclic amines) is 1. The number of piperidine rings is 1. The quantitative estimate of drug-likeness (QED) is 0.792. The molecule has 3 atom stereocenters. The third-order valence-corrected chi connectivity index (χ3v) is 5.20. The third kappa shape index (κ3) is 3.09. The first-order valence-corrected chi connectivity index (χ1v) is 7.67. The Balaban J connectivity index is 0.00000242. The van der Waals surface area contributed by atoms with Gasteiger partial charge < -0.3 is 20.7 Å². The summed E-state index contributed by atoms with van der Waals surface area (Å²) in [7, 11) is 1.76. The molecule has 0 aromatic heterocycles. The van der Waals surface area contributed by atoms with Gasteiger partial charge in [0, 0.05) is 44.5 Å². The maximum Gasteiger partial charge on any atom is 0.241 e. The van der Waals surface area contributed by atoms with Crippen molar-refractivity contribution in [2.45, 2.75) is 57.7 Å². The standard InChI is InChI=1S/C15H27N3O3.ClH/c1-5-21-11-8-15(16,14(11,2)3)13(20)17-10-6-7-12(19)18(4)9-10;/h10-11H,5-9,16H2,1-4H3,(H,17,20);1H. The molecule has 0 aromatic rings. The van der Waals surface area contributed by atoms with Crippen LogP contribution in [0.3, 0.4) is 0 Å². The van der Waals surface area contributed by atoms with Gasteiger partial charge >= 0.3 is 0 Å². The summed E-state index contributed by atoms with van der Waals surface area (Å²) in [5.74, 6) is -0.000420. The number of halogens is 1. The van der Waals surface area contributed by atoms with Gasteiger partial charge in [0.2, 0.25) is 11.8 Å². The van der Waals surface area contributed by atoms with Gasteiger partial charge in [-0.1, -0.05) is 13.8 Å². The number of nitrogens with two attached hydrogens (primary N) is 1. The van der Waals surface area contributed by atoms with E-state index in [-0.39, 0.29) is 41.8 Å². The lowest BCUT2D eigenvalue weighted by molar-refractivity contribution is -0.171. The monoisotopic (exact) mass is 333 g/mol. The van der Waals surface area contributed by atoms with Crippen LogP contribution in [0.1, 0.15) is 40.0 Å². The summed E-state index contributed by atoms with van der Waals surface area (Å²) in [5, 5.41) is 3.02. The molecular formula is C15H28ClN3O3. The largest absolute Gasteiger partial charge is 0.378 e. The Kier molecular flexibility index (Phi) is 5.87. The number of rotatable bonds is 4. The van der Waals surface area contributed by atoms with Crippen LogP contribution in [0.4, 0.5) is 0 Å². The zero-order valence-electron chi connectivity index (χ0n) is 13.8. The second-order valence-electron chi connectivity index (χ2n) is 6.82. The topological polar surface area (TPSA) is 84.7 Å². The molecule has 3 N–H and O–H groups in total. The second kappa shape index (κ2) is 6.72. The minimum absolute atomic E-state index is 0. The molecule has 2 fully saturated rings. The maximum absolute atomic E-state index is 12.6. The Bertz CT molecular complexity index is 444. The zero-order valence-corrected chi connectivity index (χ0v) is 14.7. The molecule has 0 bridgehead atoms. The number of likely N-dealkylation sites (N-methyl/N-ethyl adjacent to an activating group) is 1. The Hall–Kier alpha value is -0.850. The predicted octanol–water partition coefficient (Wildman–Crippen LogP) is 0.678. The SMILES string of the molecule is CCOC1CC(N)(C(=O)NC2CCC(=O)N(C)C2)C1(C)C.Cl. The molecule has 128 valence electrons. The van der Waals surface area contributed by atoms with Gasteiger partial charge in [-0.3, -0.25) is 9.59 Å². The van der Waals surface area contributed by atoms with Crippen molar-refractivity contribution in [2.24, 2.45) is 11.1 Å². The van der Waals surface area contributed by atoms with Crippen molar-refractivity contribution in [1.82, 2.24) is 10.2 Å². The molecule has 1 heterocycles. The van der Waals surface area contributed by atoms with Gasteiger partial charge in [-0.15, -0.1) is 12.4 Å². The zero-order chi connectivity index (χ0) is 15.8. The lowest BCUT2D eigenvalue weighted by atomic mass is 9.54. The van der Waals surface area contributed by atoms with Crippen molar-refractivity contribution in [3.63, 3.8) is 0 Å². The molecule has 2 aliphatic rings. The van der Waals surface area contributed by atoms with E-state index in [1.54, 1.807) is 11.9 Å². The van der Waals surface area contributed by atoms with Gasteiger partial charge in [0.15, 0.2) is 0 Å². The van der Waals surface area contributed by atoms with Crippen molar-refractivity contribution in [2.75, 3.05) is 20.2 Å². The lowest BCUT2D eigenvalue weighted by Crippen LogP contribution is -2.76. The molecule has 22 heavy (non-hydrogen) atoms. The number of carbonyl (C=O) groups excluding carboxylic acids is 2. The molecule has 0 radical (unpaired) electrons. The summed E-state index contributed by atoms with van der Waals surface area (Å²) in [6.45, 7) is 7.08. The minimum atomic E-state index is -0.896. The van der Waals surface area contributed by atoms with Crippen LogP contribution < -0.4 is 11.1 Å². The van der Waals surface area contributed by atoms with E-state index in [9.17, 15) is 9.59 Å². The van der Waals surface area contributed by atoms with E-state index in [1.807, 2.05) is 20.8 Å². The summed E-state index contributed by atoms with van der Waals surface area (Å²) in [6, 6.07) is -0.0115. The summed E-state index contributed by atoms with van der Waals surface area (Å²) in [6.07, 6.45) is 1.72. The Morgan fingerprint density at radius 3 is 2.64 bits per heavy atom. The minimum Gasteiger partial charge on any atom is -0.378 e. The first kappa shape index (κ1) is 19.2. The highest BCUT2D eigenvalue weighted by Crippen LogP contribution is 2.49. The van der Waals surface area contributed by atoms with E-state index < -0.39 is 5.54 Å². The van der Waals surface area contributed by atoms with Crippen molar-refractivity contribution in [3.05, 3.63) is 0 Å². The van der Waals surface area contributed by atoms with Crippen LogP contribution >= 0.6 is 12.4 Å². The van der Waals surface area contributed by atoms with Gasteiger partial charge in [-0.25, -0.2) is 0 Å². The molecule has 2 rings (SSSR count). The molecule has 1 saturated carbocycles. The highest BCUT2D eigenvalue weighted by Gasteiger charge is 2.63. The van der Waals surface area contributed by atoms with Crippen molar-refractivity contribution in [3.8, 4) is 0 Å². The second-order valence-corrected chi connectivity index (χ2v) is 6.82. The number of hydrogen-bond acceptors (Lipinski definition) is 4. The number of nitrogens with one attached hydrogen (secondary N) is 1. The molecular weight excluding hydrogens is 306 g/mol. The van der Waals surface area contributed by atoms with Crippen molar-refractivity contribution >= 4 is 24.2 Å². The lowest BCUT2D eigenvalue weighted by Gasteiger charge is -2.57. The van der Waals surface area contributed by atoms with Gasteiger partial charge in [-0.05, 0) is 13.3 Å². The highest BCUT2D eigenvalue weighted by molar-refractivity contribution is 5.89.